The highest BCUT2D eigenvalue weighted by Gasteiger charge is 2.27. The molecule has 0 aromatic rings. The van der Waals surface area contributed by atoms with E-state index in [-0.39, 0.29) is 24.9 Å². The van der Waals surface area contributed by atoms with E-state index in [4.69, 9.17) is 13.8 Å². The predicted molar refractivity (Wildman–Crippen MR) is 367 cm³/mol. The number of carbonyl (C=O) groups excluding carboxylic acids is 2. The van der Waals surface area contributed by atoms with Crippen LogP contribution in [0.3, 0.4) is 0 Å². The summed E-state index contributed by atoms with van der Waals surface area (Å²) in [6.45, 7) is 6.71. The highest BCUT2D eigenvalue weighted by atomic mass is 31.2. The lowest BCUT2D eigenvalue weighted by Gasteiger charge is -2.30. The standard InChI is InChI=1S/C75H135N2O7P/c1-7-10-13-16-19-22-25-27-29-31-33-35-36-37-38-39-40-42-43-45-47-49-52-55-58-61-64-67-74(78)76-72(71-83-85(80,81)82-70-69-77(4,5)6)73(66-63-60-57-54-51-24-21-18-15-12-9-3)84-75(79)68-65-62-59-56-53-50-48-46-44-41-34-32-30-28-26-23-20-17-14-11-8-2/h11,14,19-20,22-23,27-30,34,41,46,48,63,66,72-73H,7-10,12-13,15-18,21,24-26,31-33,35-40,42-45,47,49-62,64-65,67-71H2,1-6H3,(H-,76,78,80,81)/b14-11-,22-19-,23-20-,29-27-,30-28-,41-34-,48-46-,66-63-. The Morgan fingerprint density at radius 1 is 0.424 bits per heavy atom. The third-order valence-electron chi connectivity index (χ3n) is 15.5. The highest BCUT2D eigenvalue weighted by molar-refractivity contribution is 7.45. The summed E-state index contributed by atoms with van der Waals surface area (Å²) in [5.41, 5.74) is 0. The Bertz CT molecular complexity index is 1780. The number of phosphoric ester groups is 1. The van der Waals surface area contributed by atoms with Crippen molar-refractivity contribution in [1.29, 1.82) is 0 Å². The highest BCUT2D eigenvalue weighted by Crippen LogP contribution is 2.38. The van der Waals surface area contributed by atoms with Gasteiger partial charge in [-0.1, -0.05) is 292 Å². The van der Waals surface area contributed by atoms with Gasteiger partial charge in [0.25, 0.3) is 7.82 Å². The fraction of sp³-hybridized carbons (Fsp3) is 0.760. The molecule has 0 radical (unpaired) electrons. The predicted octanol–water partition coefficient (Wildman–Crippen LogP) is 22.0. The lowest BCUT2D eigenvalue weighted by atomic mass is 10.0. The van der Waals surface area contributed by atoms with Gasteiger partial charge in [-0.25, -0.2) is 0 Å². The second-order valence-corrected chi connectivity index (χ2v) is 26.4. The number of hydrogen-bond acceptors (Lipinski definition) is 7. The summed E-state index contributed by atoms with van der Waals surface area (Å²) in [5.74, 6) is -0.559. The molecule has 3 atom stereocenters. The Hall–Kier alpha value is -3.07. The molecule has 1 amide bonds. The van der Waals surface area contributed by atoms with Crippen molar-refractivity contribution in [3.63, 3.8) is 0 Å². The first-order chi connectivity index (χ1) is 41.4. The van der Waals surface area contributed by atoms with Gasteiger partial charge in [-0.15, -0.1) is 0 Å². The van der Waals surface area contributed by atoms with Gasteiger partial charge < -0.3 is 28.5 Å². The number of carbonyl (C=O) groups is 2. The van der Waals surface area contributed by atoms with Crippen molar-refractivity contribution in [2.45, 2.75) is 328 Å². The third kappa shape index (κ3) is 65.2. The zero-order valence-electron chi connectivity index (χ0n) is 56.3. The molecule has 0 aromatic carbocycles. The topological polar surface area (TPSA) is 114 Å². The minimum absolute atomic E-state index is 0.0287. The molecule has 85 heavy (non-hydrogen) atoms. The molecule has 0 fully saturated rings. The van der Waals surface area contributed by atoms with Crippen LogP contribution in [0.1, 0.15) is 316 Å². The molecule has 0 spiro atoms. The maximum Gasteiger partial charge on any atom is 0.306 e. The molecule has 0 aliphatic rings. The van der Waals surface area contributed by atoms with Crippen LogP contribution in [0.15, 0.2) is 97.2 Å². The van der Waals surface area contributed by atoms with Crippen LogP contribution in [-0.2, 0) is 27.9 Å². The maximum atomic E-state index is 13.6. The molecule has 0 aromatic heterocycles. The maximum absolute atomic E-state index is 13.6. The van der Waals surface area contributed by atoms with Gasteiger partial charge in [0.15, 0.2) is 0 Å². The number of quaternary nitrogens is 1. The Morgan fingerprint density at radius 3 is 1.15 bits per heavy atom. The van der Waals surface area contributed by atoms with E-state index in [0.29, 0.717) is 23.9 Å². The molecule has 10 heteroatoms. The average Bonchev–Trinajstić information content (AvgIpc) is 3.63. The summed E-state index contributed by atoms with van der Waals surface area (Å²) in [4.78, 5) is 40.2. The molecule has 0 heterocycles. The van der Waals surface area contributed by atoms with Crippen LogP contribution in [0.25, 0.3) is 0 Å². The molecule has 492 valence electrons. The zero-order chi connectivity index (χ0) is 62.1. The normalized spacial score (nSPS) is 14.1. The van der Waals surface area contributed by atoms with E-state index < -0.39 is 26.6 Å². The largest absolute Gasteiger partial charge is 0.756 e. The number of likely N-dealkylation sites (N-methyl/N-ethyl adjacent to an activating group) is 1. The summed E-state index contributed by atoms with van der Waals surface area (Å²) in [6.07, 6.45) is 86.8. The van der Waals surface area contributed by atoms with E-state index in [9.17, 15) is 19.0 Å². The first-order valence-electron chi connectivity index (χ1n) is 35.5. The van der Waals surface area contributed by atoms with E-state index in [1.54, 1.807) is 0 Å². The second kappa shape index (κ2) is 63.9. The summed E-state index contributed by atoms with van der Waals surface area (Å²) in [5, 5.41) is 3.04. The SMILES string of the molecule is CC/C=C\C/C=C\C/C=C\C/C=C\C/C=C\CCCCCCCC(=O)OC(/C=C\CCCCCCCCCCC)C(COP(=O)([O-])OCC[N+](C)(C)C)NC(=O)CCCCCCCCCCCCCCCCCCC/C=C\C/C=C\CCCCC. The number of phosphoric acid groups is 1. The Labute approximate surface area is 526 Å². The van der Waals surface area contributed by atoms with Crippen molar-refractivity contribution in [2.75, 3.05) is 40.9 Å². The van der Waals surface area contributed by atoms with Gasteiger partial charge >= 0.3 is 5.97 Å². The fourth-order valence-corrected chi connectivity index (χ4v) is 10.8. The lowest BCUT2D eigenvalue weighted by Crippen LogP contribution is -2.47. The van der Waals surface area contributed by atoms with Crippen LogP contribution in [0.4, 0.5) is 0 Å². The van der Waals surface area contributed by atoms with E-state index >= 15 is 0 Å². The lowest BCUT2D eigenvalue weighted by molar-refractivity contribution is -0.870. The van der Waals surface area contributed by atoms with Crippen molar-refractivity contribution in [2.24, 2.45) is 0 Å². The van der Waals surface area contributed by atoms with Gasteiger partial charge in [0.05, 0.1) is 33.8 Å². The Morgan fingerprint density at radius 2 is 0.753 bits per heavy atom. The van der Waals surface area contributed by atoms with Crippen LogP contribution >= 0.6 is 7.82 Å². The number of esters is 1. The van der Waals surface area contributed by atoms with Crippen molar-refractivity contribution < 1.29 is 37.3 Å². The third-order valence-corrected chi connectivity index (χ3v) is 16.5. The van der Waals surface area contributed by atoms with Crippen LogP contribution < -0.4 is 10.2 Å². The van der Waals surface area contributed by atoms with Gasteiger partial charge in [-0.3, -0.25) is 14.2 Å². The summed E-state index contributed by atoms with van der Waals surface area (Å²) >= 11 is 0. The van der Waals surface area contributed by atoms with Crippen molar-refractivity contribution in [1.82, 2.24) is 5.32 Å². The van der Waals surface area contributed by atoms with Crippen molar-refractivity contribution in [3.8, 4) is 0 Å². The van der Waals surface area contributed by atoms with E-state index in [1.807, 2.05) is 33.3 Å². The van der Waals surface area contributed by atoms with Crippen molar-refractivity contribution in [3.05, 3.63) is 97.2 Å². The fourth-order valence-electron chi connectivity index (χ4n) is 10.1. The molecule has 0 saturated carbocycles. The Balaban J connectivity index is 5.02. The summed E-state index contributed by atoms with van der Waals surface area (Å²) < 4.78 is 30.4. The minimum Gasteiger partial charge on any atom is -0.756 e. The number of allylic oxidation sites excluding steroid dienone is 15. The van der Waals surface area contributed by atoms with Gasteiger partial charge in [0.2, 0.25) is 5.91 Å². The van der Waals surface area contributed by atoms with Gasteiger partial charge in [-0.05, 0) is 109 Å². The molecule has 0 aliphatic carbocycles. The smallest absolute Gasteiger partial charge is 0.306 e. The summed E-state index contributed by atoms with van der Waals surface area (Å²) in [6, 6.07) is -0.901. The number of unbranched alkanes of at least 4 members (excludes halogenated alkanes) is 34. The number of amides is 1. The molecule has 3 unspecified atom stereocenters. The number of ether oxygens (including phenoxy) is 1. The van der Waals surface area contributed by atoms with E-state index in [0.717, 1.165) is 109 Å². The number of hydrogen-bond donors (Lipinski definition) is 1. The minimum atomic E-state index is -4.71. The number of rotatable bonds is 64. The van der Waals surface area contributed by atoms with E-state index in [2.05, 4.69) is 111 Å². The van der Waals surface area contributed by atoms with Crippen LogP contribution in [0.5, 0.6) is 0 Å². The quantitative estimate of drug-likeness (QED) is 0.0212. The van der Waals surface area contributed by atoms with Gasteiger partial charge in [-0.2, -0.15) is 0 Å². The van der Waals surface area contributed by atoms with Crippen molar-refractivity contribution >= 4 is 19.7 Å². The summed E-state index contributed by atoms with van der Waals surface area (Å²) in [7, 11) is 1.17. The first kappa shape index (κ1) is 81.9. The molecule has 0 bridgehead atoms. The molecule has 0 saturated heterocycles. The van der Waals surface area contributed by atoms with Gasteiger partial charge in [0, 0.05) is 12.8 Å². The second-order valence-electron chi connectivity index (χ2n) is 25.0. The van der Waals surface area contributed by atoms with Crippen LogP contribution in [0, 0.1) is 0 Å². The monoisotopic (exact) mass is 1210 g/mol. The number of nitrogens with one attached hydrogen (secondary N) is 1. The molecular weight excluding hydrogens is 1070 g/mol. The van der Waals surface area contributed by atoms with E-state index in [1.165, 1.54) is 167 Å². The average molecular weight is 1210 g/mol. The molecular formula is C75H135N2O7P. The molecule has 0 aliphatic heterocycles. The molecule has 0 rings (SSSR count). The number of nitrogens with zero attached hydrogens (tertiary/aromatic N) is 1. The Kier molecular flexibility index (Phi) is 61.6. The first-order valence-corrected chi connectivity index (χ1v) is 37.0. The van der Waals surface area contributed by atoms with Crippen LogP contribution in [-0.4, -0.2) is 69.4 Å². The van der Waals surface area contributed by atoms with Crippen LogP contribution in [0.2, 0.25) is 0 Å². The molecule has 9 nitrogen and oxygen atoms in total. The van der Waals surface area contributed by atoms with Gasteiger partial charge in [0.1, 0.15) is 19.3 Å². The zero-order valence-corrected chi connectivity index (χ0v) is 57.2. The molecule has 1 N–H and O–H groups in total.